The second kappa shape index (κ2) is 9.76. The number of carboxylic acid groups (broad SMARTS) is 1. The first-order chi connectivity index (χ1) is 17.0. The Balaban J connectivity index is 1.45. The zero-order valence-corrected chi connectivity index (χ0v) is 20.5. The molecule has 9 heteroatoms. The third kappa shape index (κ3) is 5.27. The van der Waals surface area contributed by atoms with Crippen molar-refractivity contribution in [3.05, 3.63) is 47.5 Å². The van der Waals surface area contributed by atoms with Gasteiger partial charge in [-0.3, -0.25) is 9.69 Å². The fourth-order valence-corrected chi connectivity index (χ4v) is 5.25. The topological polar surface area (TPSA) is 121 Å². The number of likely N-dealkylation sites (tertiary alicyclic amines) is 1. The molecule has 1 saturated heterocycles. The van der Waals surface area contributed by atoms with E-state index in [2.05, 4.69) is 6.07 Å². The van der Waals surface area contributed by atoms with Crippen LogP contribution in [0.3, 0.4) is 0 Å². The van der Waals surface area contributed by atoms with Crippen molar-refractivity contribution in [3.63, 3.8) is 0 Å². The van der Waals surface area contributed by atoms with Crippen molar-refractivity contribution in [3.8, 4) is 17.4 Å². The number of Topliss-reactive ketones (excluding diaryl/α,β-unsaturated/α-hetero) is 1. The summed E-state index contributed by atoms with van der Waals surface area (Å²) in [5, 5.41) is 18.7. The van der Waals surface area contributed by atoms with Crippen LogP contribution in [0.25, 0.3) is 11.3 Å². The Morgan fingerprint density at radius 3 is 2.61 bits per heavy atom. The molecule has 2 aliphatic rings. The van der Waals surface area contributed by atoms with Crippen LogP contribution < -0.4 is 0 Å². The number of carbonyl (C=O) groups is 3. The van der Waals surface area contributed by atoms with Crippen LogP contribution in [-0.2, 0) is 16.0 Å². The lowest BCUT2D eigenvalue weighted by Gasteiger charge is -2.35. The summed E-state index contributed by atoms with van der Waals surface area (Å²) in [6, 6.07) is 8.50. The molecule has 1 aromatic heterocycles. The smallest absolute Gasteiger partial charge is 0.411 e. The standard InChI is InChI=1S/C27H29FN2O6/c1-27(2,3)36-26(34)30-19-7-6-18(12-19)24(30)21(31)11-15(14-29)10-16-4-5-17(13-20(16)28)22-8-9-23(35-22)25(32)33/h4-5,8-9,13,15,18-19,24H,6-7,10-12H2,1-3H3,(H,32,33)/t15-,18+,19-,24+/m1/s1. The van der Waals surface area contributed by atoms with Gasteiger partial charge in [0.25, 0.3) is 0 Å². The van der Waals surface area contributed by atoms with Crippen LogP contribution in [-0.4, -0.2) is 45.5 Å². The summed E-state index contributed by atoms with van der Waals surface area (Å²) in [4.78, 5) is 38.7. The molecule has 2 fully saturated rings. The number of rotatable bonds is 7. The Bertz CT molecular complexity index is 1220. The van der Waals surface area contributed by atoms with E-state index < -0.39 is 35.4 Å². The van der Waals surface area contributed by atoms with Crippen LogP contribution in [0.15, 0.2) is 34.7 Å². The highest BCUT2D eigenvalue weighted by atomic mass is 19.1. The molecule has 2 aromatic rings. The zero-order valence-electron chi connectivity index (χ0n) is 20.5. The van der Waals surface area contributed by atoms with Gasteiger partial charge in [-0.25, -0.2) is 14.0 Å². The normalized spacial score (nSPS) is 21.8. The van der Waals surface area contributed by atoms with Crippen LogP contribution in [0.4, 0.5) is 9.18 Å². The number of ketones is 1. The van der Waals surface area contributed by atoms with E-state index in [1.54, 1.807) is 31.7 Å². The number of benzene rings is 1. The molecule has 36 heavy (non-hydrogen) atoms. The molecule has 4 rings (SSSR count). The molecule has 8 nitrogen and oxygen atoms in total. The number of nitriles is 1. The molecule has 1 N–H and O–H groups in total. The molecule has 0 unspecified atom stereocenters. The molecule has 4 atom stereocenters. The number of carbonyl (C=O) groups excluding carboxylic acids is 2. The molecule has 1 saturated carbocycles. The number of fused-ring (bicyclic) bond motifs is 2. The van der Waals surface area contributed by atoms with E-state index in [1.165, 1.54) is 24.3 Å². The first-order valence-corrected chi connectivity index (χ1v) is 12.0. The van der Waals surface area contributed by atoms with Crippen molar-refractivity contribution in [2.45, 2.75) is 70.6 Å². The average Bonchev–Trinajstić information content (AvgIpc) is 3.54. The second-order valence-corrected chi connectivity index (χ2v) is 10.5. The summed E-state index contributed by atoms with van der Waals surface area (Å²) in [5.41, 5.74) is -0.0562. The fourth-order valence-electron chi connectivity index (χ4n) is 5.25. The number of halogens is 1. The number of hydrogen-bond donors (Lipinski definition) is 1. The number of hydrogen-bond acceptors (Lipinski definition) is 6. The molecular formula is C27H29FN2O6. The van der Waals surface area contributed by atoms with Gasteiger partial charge in [-0.2, -0.15) is 5.26 Å². The largest absolute Gasteiger partial charge is 0.475 e. The highest BCUT2D eigenvalue weighted by molar-refractivity contribution is 5.89. The van der Waals surface area contributed by atoms with E-state index in [1.807, 2.05) is 0 Å². The number of nitrogens with zero attached hydrogens (tertiary/aromatic N) is 2. The lowest BCUT2D eigenvalue weighted by Crippen LogP contribution is -2.51. The van der Waals surface area contributed by atoms with Gasteiger partial charge in [0.15, 0.2) is 5.78 Å². The highest BCUT2D eigenvalue weighted by Gasteiger charge is 2.52. The van der Waals surface area contributed by atoms with E-state index >= 15 is 0 Å². The van der Waals surface area contributed by atoms with Crippen LogP contribution in [0, 0.1) is 29.0 Å². The maximum Gasteiger partial charge on any atom is 0.411 e. The summed E-state index contributed by atoms with van der Waals surface area (Å²) in [5.74, 6) is -2.76. The molecule has 190 valence electrons. The van der Waals surface area contributed by atoms with E-state index in [0.29, 0.717) is 5.56 Å². The number of furan rings is 1. The molecule has 0 radical (unpaired) electrons. The van der Waals surface area contributed by atoms with Crippen LogP contribution >= 0.6 is 0 Å². The maximum absolute atomic E-state index is 14.9. The number of aromatic carboxylic acids is 1. The van der Waals surface area contributed by atoms with Gasteiger partial charge < -0.3 is 14.3 Å². The summed E-state index contributed by atoms with van der Waals surface area (Å²) in [6.45, 7) is 5.33. The molecule has 1 aliphatic carbocycles. The summed E-state index contributed by atoms with van der Waals surface area (Å²) < 4.78 is 25.6. The lowest BCUT2D eigenvalue weighted by molar-refractivity contribution is -0.126. The van der Waals surface area contributed by atoms with Gasteiger partial charge >= 0.3 is 12.1 Å². The van der Waals surface area contributed by atoms with Crippen molar-refractivity contribution in [1.29, 1.82) is 5.26 Å². The lowest BCUT2D eigenvalue weighted by atomic mass is 9.87. The number of piperidine rings is 1. The van der Waals surface area contributed by atoms with Crippen molar-refractivity contribution in [2.75, 3.05) is 0 Å². The summed E-state index contributed by atoms with van der Waals surface area (Å²) in [7, 11) is 0. The molecular weight excluding hydrogens is 467 g/mol. The first-order valence-electron chi connectivity index (χ1n) is 12.0. The van der Waals surface area contributed by atoms with Crippen molar-refractivity contribution in [2.24, 2.45) is 11.8 Å². The minimum atomic E-state index is -1.22. The molecule has 1 aliphatic heterocycles. The highest BCUT2D eigenvalue weighted by Crippen LogP contribution is 2.44. The monoisotopic (exact) mass is 496 g/mol. The molecule has 2 bridgehead atoms. The SMILES string of the molecule is CC(C)(C)OC(=O)N1[C@@H]2CC[C@@H](C2)[C@H]1C(=O)C[C@H](C#N)Cc1ccc(-c2ccc(C(=O)O)o2)cc1F. The Morgan fingerprint density at radius 2 is 2.00 bits per heavy atom. The fraction of sp³-hybridized carbons (Fsp3) is 0.481. The third-order valence-corrected chi connectivity index (χ3v) is 6.77. The molecule has 1 amide bonds. The van der Waals surface area contributed by atoms with E-state index in [9.17, 15) is 24.0 Å². The van der Waals surface area contributed by atoms with Crippen molar-refractivity contribution < 1.29 is 33.0 Å². The third-order valence-electron chi connectivity index (χ3n) is 6.77. The Hall–Kier alpha value is -3.67. The predicted octanol–water partition coefficient (Wildman–Crippen LogP) is 5.21. The zero-order chi connectivity index (χ0) is 26.2. The van der Waals surface area contributed by atoms with E-state index in [4.69, 9.17) is 14.3 Å². The first kappa shape index (κ1) is 25.4. The second-order valence-electron chi connectivity index (χ2n) is 10.5. The van der Waals surface area contributed by atoms with Crippen LogP contribution in [0.5, 0.6) is 0 Å². The van der Waals surface area contributed by atoms with Gasteiger partial charge in [-0.05, 0) is 76.1 Å². The predicted molar refractivity (Wildman–Crippen MR) is 126 cm³/mol. The average molecular weight is 497 g/mol. The molecule has 1 aromatic carbocycles. The van der Waals surface area contributed by atoms with Crippen LogP contribution in [0.1, 0.15) is 62.6 Å². The Morgan fingerprint density at radius 1 is 1.25 bits per heavy atom. The minimum absolute atomic E-state index is 0.0279. The van der Waals surface area contributed by atoms with Gasteiger partial charge in [0.05, 0.1) is 18.0 Å². The number of ether oxygens (including phenoxy) is 1. The molecule has 2 heterocycles. The summed E-state index contributed by atoms with van der Waals surface area (Å²) in [6.07, 6.45) is 1.86. The van der Waals surface area contributed by atoms with Gasteiger partial charge in [0.1, 0.15) is 17.2 Å². The number of amides is 1. The van der Waals surface area contributed by atoms with Crippen LogP contribution in [0.2, 0.25) is 0 Å². The number of carboxylic acids is 1. The van der Waals surface area contributed by atoms with Crippen molar-refractivity contribution in [1.82, 2.24) is 4.90 Å². The Labute approximate surface area is 208 Å². The minimum Gasteiger partial charge on any atom is -0.475 e. The van der Waals surface area contributed by atoms with Gasteiger partial charge in [-0.1, -0.05) is 12.1 Å². The summed E-state index contributed by atoms with van der Waals surface area (Å²) >= 11 is 0. The quantitative estimate of drug-likeness (QED) is 0.558. The molecule has 0 spiro atoms. The van der Waals surface area contributed by atoms with E-state index in [0.717, 1.165) is 19.3 Å². The van der Waals surface area contributed by atoms with E-state index in [-0.39, 0.29) is 47.7 Å². The van der Waals surface area contributed by atoms with Crippen molar-refractivity contribution >= 4 is 17.8 Å². The maximum atomic E-state index is 14.9. The van der Waals surface area contributed by atoms with Gasteiger partial charge in [-0.15, -0.1) is 0 Å². The Kier molecular flexibility index (Phi) is 6.90. The van der Waals surface area contributed by atoms with Gasteiger partial charge in [0.2, 0.25) is 5.76 Å². The van der Waals surface area contributed by atoms with Gasteiger partial charge in [0, 0.05) is 18.0 Å².